The fourth-order valence-corrected chi connectivity index (χ4v) is 2.72. The van der Waals surface area contributed by atoms with Crippen molar-refractivity contribution < 1.29 is 4.39 Å². The lowest BCUT2D eigenvalue weighted by Gasteiger charge is -2.18. The molecule has 0 amide bonds. The molecular formula is C16H16Cl2FN. The molecule has 2 aromatic rings. The summed E-state index contributed by atoms with van der Waals surface area (Å²) in [7, 11) is 1.86. The molecule has 2 aromatic carbocycles. The van der Waals surface area contributed by atoms with E-state index in [-0.39, 0.29) is 11.9 Å². The molecule has 2 rings (SSSR count). The first-order valence-electron chi connectivity index (χ1n) is 6.38. The summed E-state index contributed by atoms with van der Waals surface area (Å²) in [6, 6.07) is 10.6. The van der Waals surface area contributed by atoms with E-state index >= 15 is 0 Å². The first-order valence-corrected chi connectivity index (χ1v) is 7.13. The molecule has 0 radical (unpaired) electrons. The summed E-state index contributed by atoms with van der Waals surface area (Å²) in [6.45, 7) is 1.99. The fourth-order valence-electron chi connectivity index (χ4n) is 2.26. The van der Waals surface area contributed by atoms with Crippen LogP contribution in [0.5, 0.6) is 0 Å². The van der Waals surface area contributed by atoms with Gasteiger partial charge in [0.1, 0.15) is 5.82 Å². The first-order chi connectivity index (χ1) is 9.49. The van der Waals surface area contributed by atoms with E-state index in [1.54, 1.807) is 12.1 Å². The third-order valence-corrected chi connectivity index (χ3v) is 3.71. The lowest BCUT2D eigenvalue weighted by molar-refractivity contribution is 0.554. The number of nitrogens with one attached hydrogen (secondary N) is 1. The predicted molar refractivity (Wildman–Crippen MR) is 83.1 cm³/mol. The molecule has 0 saturated carbocycles. The van der Waals surface area contributed by atoms with E-state index in [1.807, 2.05) is 26.1 Å². The number of hydrogen-bond donors (Lipinski definition) is 1. The Morgan fingerprint density at radius 2 is 1.85 bits per heavy atom. The molecule has 1 atom stereocenters. The number of aryl methyl sites for hydroxylation is 1. The van der Waals surface area contributed by atoms with Crippen molar-refractivity contribution in [3.63, 3.8) is 0 Å². The lowest BCUT2D eigenvalue weighted by atomic mass is 9.97. The largest absolute Gasteiger partial charge is 0.313 e. The third kappa shape index (κ3) is 3.72. The van der Waals surface area contributed by atoms with E-state index in [2.05, 4.69) is 11.4 Å². The van der Waals surface area contributed by atoms with Crippen LogP contribution in [-0.2, 0) is 6.42 Å². The second kappa shape index (κ2) is 6.57. The Morgan fingerprint density at radius 3 is 2.45 bits per heavy atom. The van der Waals surface area contributed by atoms with Gasteiger partial charge in [0, 0.05) is 16.1 Å². The zero-order chi connectivity index (χ0) is 14.7. The van der Waals surface area contributed by atoms with E-state index in [0.717, 1.165) is 11.1 Å². The van der Waals surface area contributed by atoms with Gasteiger partial charge in [-0.3, -0.25) is 0 Å². The van der Waals surface area contributed by atoms with Gasteiger partial charge in [0.2, 0.25) is 0 Å². The van der Waals surface area contributed by atoms with Crippen molar-refractivity contribution in [2.24, 2.45) is 0 Å². The van der Waals surface area contributed by atoms with Gasteiger partial charge in [0.05, 0.1) is 0 Å². The summed E-state index contributed by atoms with van der Waals surface area (Å²) in [5.74, 6) is -0.281. The summed E-state index contributed by atoms with van der Waals surface area (Å²) in [6.07, 6.45) is 0.541. The van der Waals surface area contributed by atoms with Crippen molar-refractivity contribution in [1.82, 2.24) is 5.32 Å². The molecule has 0 aliphatic rings. The average molecular weight is 312 g/mol. The molecule has 4 heteroatoms. The Hall–Kier alpha value is -1.09. The Bertz CT molecular complexity index is 593. The molecule has 0 aliphatic heterocycles. The molecule has 0 bridgehead atoms. The minimum Gasteiger partial charge on any atom is -0.313 e. The van der Waals surface area contributed by atoms with Crippen LogP contribution in [0.1, 0.15) is 22.7 Å². The van der Waals surface area contributed by atoms with Crippen LogP contribution in [0.15, 0.2) is 36.4 Å². The number of hydrogen-bond acceptors (Lipinski definition) is 1. The quantitative estimate of drug-likeness (QED) is 0.843. The molecule has 1 unspecified atom stereocenters. The van der Waals surface area contributed by atoms with Crippen molar-refractivity contribution in [3.05, 3.63) is 69.0 Å². The zero-order valence-corrected chi connectivity index (χ0v) is 12.9. The van der Waals surface area contributed by atoms with E-state index in [1.165, 1.54) is 6.07 Å². The highest BCUT2D eigenvalue weighted by Crippen LogP contribution is 2.25. The van der Waals surface area contributed by atoms with Crippen LogP contribution in [-0.4, -0.2) is 7.05 Å². The van der Waals surface area contributed by atoms with Gasteiger partial charge in [-0.15, -0.1) is 0 Å². The highest BCUT2D eigenvalue weighted by Gasteiger charge is 2.14. The SMILES string of the molecule is CNC(Cc1ccc(Cl)cc1F)c1cc(C)cc(Cl)c1. The molecule has 1 nitrogen and oxygen atoms in total. The number of rotatable bonds is 4. The molecule has 20 heavy (non-hydrogen) atoms. The summed E-state index contributed by atoms with van der Waals surface area (Å²) >= 11 is 11.9. The second-order valence-corrected chi connectivity index (χ2v) is 5.72. The third-order valence-electron chi connectivity index (χ3n) is 3.25. The Kier molecular flexibility index (Phi) is 5.03. The standard InChI is InChI=1S/C16H16Cl2FN/c1-10-5-12(7-14(18)6-10)16(20-2)8-11-3-4-13(17)9-15(11)19/h3-7,9,16,20H,8H2,1-2H3. The van der Waals surface area contributed by atoms with Crippen LogP contribution in [0.3, 0.4) is 0 Å². The maximum atomic E-state index is 13.9. The van der Waals surface area contributed by atoms with E-state index < -0.39 is 0 Å². The summed E-state index contributed by atoms with van der Waals surface area (Å²) in [4.78, 5) is 0. The molecule has 0 spiro atoms. The van der Waals surface area contributed by atoms with Gasteiger partial charge in [0.15, 0.2) is 0 Å². The monoisotopic (exact) mass is 311 g/mol. The van der Waals surface area contributed by atoms with E-state index in [4.69, 9.17) is 23.2 Å². The zero-order valence-electron chi connectivity index (χ0n) is 11.4. The van der Waals surface area contributed by atoms with Gasteiger partial charge >= 0.3 is 0 Å². The van der Waals surface area contributed by atoms with Crippen LogP contribution in [0.2, 0.25) is 10.0 Å². The topological polar surface area (TPSA) is 12.0 Å². The summed E-state index contributed by atoms with van der Waals surface area (Å²) < 4.78 is 13.9. The van der Waals surface area contributed by atoms with Crippen LogP contribution in [0.4, 0.5) is 4.39 Å². The van der Waals surface area contributed by atoms with Crippen LogP contribution in [0, 0.1) is 12.7 Å². The smallest absolute Gasteiger partial charge is 0.127 e. The average Bonchev–Trinajstić information content (AvgIpc) is 2.36. The predicted octanol–water partition coefficient (Wildman–Crippen LogP) is 4.94. The fraction of sp³-hybridized carbons (Fsp3) is 0.250. The number of benzene rings is 2. The molecule has 106 valence electrons. The lowest BCUT2D eigenvalue weighted by Crippen LogP contribution is -2.19. The van der Waals surface area contributed by atoms with Gasteiger partial charge in [0.25, 0.3) is 0 Å². The van der Waals surface area contributed by atoms with Gasteiger partial charge in [-0.1, -0.05) is 35.3 Å². The number of halogens is 3. The Labute approximate surface area is 128 Å². The Morgan fingerprint density at radius 1 is 1.10 bits per heavy atom. The van der Waals surface area contributed by atoms with Gasteiger partial charge in [-0.05, 0) is 61.3 Å². The first kappa shape index (κ1) is 15.3. The maximum Gasteiger partial charge on any atom is 0.127 e. The molecule has 0 saturated heterocycles. The molecule has 1 N–H and O–H groups in total. The second-order valence-electron chi connectivity index (χ2n) is 4.84. The molecular weight excluding hydrogens is 296 g/mol. The van der Waals surface area contributed by atoms with Crippen molar-refractivity contribution in [3.8, 4) is 0 Å². The molecule has 0 heterocycles. The normalized spacial score (nSPS) is 12.4. The van der Waals surface area contributed by atoms with Crippen molar-refractivity contribution in [2.75, 3.05) is 7.05 Å². The summed E-state index contributed by atoms with van der Waals surface area (Å²) in [5.41, 5.74) is 2.77. The highest BCUT2D eigenvalue weighted by atomic mass is 35.5. The van der Waals surface area contributed by atoms with Crippen LogP contribution in [0.25, 0.3) is 0 Å². The Balaban J connectivity index is 2.28. The van der Waals surface area contributed by atoms with Gasteiger partial charge < -0.3 is 5.32 Å². The summed E-state index contributed by atoms with van der Waals surface area (Å²) in [5, 5.41) is 4.30. The minimum atomic E-state index is -0.281. The van der Waals surface area contributed by atoms with E-state index in [0.29, 0.717) is 22.0 Å². The van der Waals surface area contributed by atoms with Crippen LogP contribution >= 0.6 is 23.2 Å². The van der Waals surface area contributed by atoms with Gasteiger partial charge in [-0.25, -0.2) is 4.39 Å². The van der Waals surface area contributed by atoms with Crippen LogP contribution < -0.4 is 5.32 Å². The maximum absolute atomic E-state index is 13.9. The number of likely N-dealkylation sites (N-methyl/N-ethyl adjacent to an activating group) is 1. The highest BCUT2D eigenvalue weighted by molar-refractivity contribution is 6.30. The molecule has 0 aromatic heterocycles. The molecule has 0 fully saturated rings. The van der Waals surface area contributed by atoms with Crippen molar-refractivity contribution in [1.29, 1.82) is 0 Å². The minimum absolute atomic E-state index is 0.00285. The molecule has 0 aliphatic carbocycles. The van der Waals surface area contributed by atoms with E-state index in [9.17, 15) is 4.39 Å². The van der Waals surface area contributed by atoms with Gasteiger partial charge in [-0.2, -0.15) is 0 Å². The van der Waals surface area contributed by atoms with Crippen molar-refractivity contribution in [2.45, 2.75) is 19.4 Å². The van der Waals surface area contributed by atoms with Crippen molar-refractivity contribution >= 4 is 23.2 Å².